The number of carbonyl (C=O) groups is 1. The Hall–Kier alpha value is -2.32. The van der Waals surface area contributed by atoms with Crippen LogP contribution in [-0.4, -0.2) is 40.9 Å². The van der Waals surface area contributed by atoms with Gasteiger partial charge in [-0.1, -0.05) is 23.9 Å². The highest BCUT2D eigenvalue weighted by Gasteiger charge is 2.21. The molecule has 0 radical (unpaired) electrons. The van der Waals surface area contributed by atoms with Crippen LogP contribution in [-0.2, 0) is 4.79 Å². The molecule has 140 valence electrons. The van der Waals surface area contributed by atoms with E-state index in [1.165, 1.54) is 22.2 Å². The van der Waals surface area contributed by atoms with Gasteiger partial charge in [0.15, 0.2) is 11.5 Å². The maximum absolute atomic E-state index is 12.3. The number of ether oxygens (including phenoxy) is 2. The Morgan fingerprint density at radius 2 is 2.11 bits per heavy atom. The second kappa shape index (κ2) is 7.74. The molecule has 0 saturated heterocycles. The number of nitrogens with one attached hydrogen (secondary N) is 1. The van der Waals surface area contributed by atoms with Crippen LogP contribution in [0.2, 0.25) is 0 Å². The molecule has 3 heterocycles. The van der Waals surface area contributed by atoms with Gasteiger partial charge in [0.1, 0.15) is 28.9 Å². The zero-order valence-corrected chi connectivity index (χ0v) is 16.7. The lowest BCUT2D eigenvalue weighted by Gasteiger charge is -2.26. The minimum atomic E-state index is -0.193. The van der Waals surface area contributed by atoms with Crippen LogP contribution in [0.4, 0.5) is 0 Å². The largest absolute Gasteiger partial charge is 0.486 e. The number of para-hydroxylation sites is 2. The van der Waals surface area contributed by atoms with Gasteiger partial charge in [-0.05, 0) is 31.5 Å². The summed E-state index contributed by atoms with van der Waals surface area (Å²) in [5.41, 5.74) is 1.19. The van der Waals surface area contributed by atoms with Gasteiger partial charge in [-0.25, -0.2) is 9.97 Å². The van der Waals surface area contributed by atoms with Crippen molar-refractivity contribution in [3.05, 3.63) is 41.0 Å². The molecule has 1 atom stereocenters. The summed E-state index contributed by atoms with van der Waals surface area (Å²) in [4.78, 5) is 23.1. The van der Waals surface area contributed by atoms with Gasteiger partial charge in [0.25, 0.3) is 0 Å². The molecule has 27 heavy (non-hydrogen) atoms. The van der Waals surface area contributed by atoms with Crippen molar-refractivity contribution in [2.75, 3.05) is 18.9 Å². The Kier molecular flexibility index (Phi) is 5.18. The molecule has 0 bridgehead atoms. The van der Waals surface area contributed by atoms with Gasteiger partial charge < -0.3 is 14.8 Å². The van der Waals surface area contributed by atoms with Gasteiger partial charge in [-0.2, -0.15) is 0 Å². The molecule has 3 aromatic rings. The Bertz CT molecular complexity index is 989. The fourth-order valence-electron chi connectivity index (χ4n) is 2.84. The summed E-state index contributed by atoms with van der Waals surface area (Å²) in [5, 5.41) is 4.82. The van der Waals surface area contributed by atoms with Gasteiger partial charge in [0, 0.05) is 10.3 Å². The minimum Gasteiger partial charge on any atom is -0.486 e. The van der Waals surface area contributed by atoms with Crippen LogP contribution in [0.3, 0.4) is 0 Å². The van der Waals surface area contributed by atoms with Gasteiger partial charge in [0.05, 0.1) is 12.3 Å². The summed E-state index contributed by atoms with van der Waals surface area (Å²) in [6.45, 7) is 4.97. The number of fused-ring (bicyclic) bond motifs is 2. The number of amides is 1. The second-order valence-electron chi connectivity index (χ2n) is 6.23. The number of thiophene rings is 1. The fourth-order valence-corrected chi connectivity index (χ4v) is 4.78. The average Bonchev–Trinajstić information content (AvgIpc) is 2.99. The van der Waals surface area contributed by atoms with E-state index in [0.717, 1.165) is 21.0 Å². The molecule has 1 unspecified atom stereocenters. The monoisotopic (exact) mass is 401 g/mol. The summed E-state index contributed by atoms with van der Waals surface area (Å²) >= 11 is 3.09. The van der Waals surface area contributed by atoms with Gasteiger partial charge in [0.2, 0.25) is 5.91 Å². The van der Waals surface area contributed by atoms with Crippen LogP contribution in [0.15, 0.2) is 35.6 Å². The van der Waals surface area contributed by atoms with Crippen LogP contribution >= 0.6 is 23.1 Å². The summed E-state index contributed by atoms with van der Waals surface area (Å²) in [6.07, 6.45) is 1.36. The van der Waals surface area contributed by atoms with E-state index in [-0.39, 0.29) is 12.0 Å². The number of aromatic nitrogens is 2. The number of aryl methyl sites for hydroxylation is 2. The first kappa shape index (κ1) is 18.1. The first-order chi connectivity index (χ1) is 13.1. The molecule has 1 N–H and O–H groups in total. The number of thioether (sulfide) groups is 1. The lowest BCUT2D eigenvalue weighted by atomic mass is 10.2. The lowest BCUT2D eigenvalue weighted by molar-refractivity contribution is -0.119. The van der Waals surface area contributed by atoms with E-state index in [0.29, 0.717) is 24.7 Å². The van der Waals surface area contributed by atoms with Gasteiger partial charge in [-0.3, -0.25) is 4.79 Å². The Morgan fingerprint density at radius 3 is 2.96 bits per heavy atom. The van der Waals surface area contributed by atoms with Crippen molar-refractivity contribution in [1.82, 2.24) is 15.3 Å². The lowest BCUT2D eigenvalue weighted by Crippen LogP contribution is -2.41. The third-order valence-corrected chi connectivity index (χ3v) is 6.47. The molecule has 1 amide bonds. The van der Waals surface area contributed by atoms with E-state index in [9.17, 15) is 4.79 Å². The predicted octanol–water partition coefficient (Wildman–Crippen LogP) is 3.36. The average molecular weight is 402 g/mol. The van der Waals surface area contributed by atoms with Gasteiger partial charge >= 0.3 is 0 Å². The van der Waals surface area contributed by atoms with Crippen LogP contribution in [0.5, 0.6) is 11.5 Å². The Morgan fingerprint density at radius 1 is 1.30 bits per heavy atom. The van der Waals surface area contributed by atoms with Crippen molar-refractivity contribution >= 4 is 39.2 Å². The molecule has 8 heteroatoms. The number of carbonyl (C=O) groups excluding carboxylic acids is 1. The number of hydrogen-bond acceptors (Lipinski definition) is 7. The predicted molar refractivity (Wildman–Crippen MR) is 107 cm³/mol. The molecule has 0 saturated carbocycles. The standard InChI is InChI=1S/C19H19N3O3S2/c1-11-12(2)27-19-17(11)18(21-10-22-19)26-9-16(23)20-7-13-8-24-14-5-3-4-6-15(14)25-13/h3-6,10,13H,7-9H2,1-2H3,(H,20,23). The van der Waals surface area contributed by atoms with E-state index in [4.69, 9.17) is 9.47 Å². The maximum atomic E-state index is 12.3. The summed E-state index contributed by atoms with van der Waals surface area (Å²) in [5.74, 6) is 1.69. The molecule has 4 rings (SSSR count). The van der Waals surface area contributed by atoms with E-state index in [2.05, 4.69) is 29.1 Å². The van der Waals surface area contributed by atoms with Crippen LogP contribution in [0.25, 0.3) is 10.2 Å². The first-order valence-electron chi connectivity index (χ1n) is 8.60. The number of benzene rings is 1. The highest BCUT2D eigenvalue weighted by atomic mass is 32.2. The summed E-state index contributed by atoms with van der Waals surface area (Å²) in [7, 11) is 0. The number of rotatable bonds is 5. The molecule has 1 aliphatic heterocycles. The van der Waals surface area contributed by atoms with E-state index >= 15 is 0 Å². The van der Waals surface area contributed by atoms with Gasteiger partial charge in [-0.15, -0.1) is 11.3 Å². The molecule has 0 aliphatic carbocycles. The molecule has 6 nitrogen and oxygen atoms in total. The Labute approximate surface area is 165 Å². The third-order valence-electron chi connectivity index (χ3n) is 4.36. The van der Waals surface area contributed by atoms with Crippen LogP contribution < -0.4 is 14.8 Å². The topological polar surface area (TPSA) is 73.3 Å². The summed E-state index contributed by atoms with van der Waals surface area (Å²) in [6, 6.07) is 7.54. The Balaban J connectivity index is 1.32. The number of hydrogen-bond donors (Lipinski definition) is 1. The van der Waals surface area contributed by atoms with E-state index < -0.39 is 0 Å². The molecule has 0 spiro atoms. The fraction of sp³-hybridized carbons (Fsp3) is 0.316. The molecular formula is C19H19N3O3S2. The SMILES string of the molecule is Cc1sc2ncnc(SCC(=O)NCC3COc4ccccc4O3)c2c1C. The quantitative estimate of drug-likeness (QED) is 0.522. The minimum absolute atomic E-state index is 0.0566. The molecular weight excluding hydrogens is 382 g/mol. The zero-order chi connectivity index (χ0) is 18.8. The van der Waals surface area contributed by atoms with Crippen molar-refractivity contribution in [1.29, 1.82) is 0 Å². The van der Waals surface area contributed by atoms with E-state index in [1.807, 2.05) is 24.3 Å². The molecule has 1 aromatic carbocycles. The van der Waals surface area contributed by atoms with Crippen molar-refractivity contribution in [3.8, 4) is 11.5 Å². The normalized spacial score (nSPS) is 15.7. The van der Waals surface area contributed by atoms with Crippen molar-refractivity contribution in [3.63, 3.8) is 0 Å². The van der Waals surface area contributed by atoms with Crippen LogP contribution in [0.1, 0.15) is 10.4 Å². The zero-order valence-electron chi connectivity index (χ0n) is 15.0. The first-order valence-corrected chi connectivity index (χ1v) is 10.4. The van der Waals surface area contributed by atoms with E-state index in [1.54, 1.807) is 17.7 Å². The highest BCUT2D eigenvalue weighted by molar-refractivity contribution is 8.00. The van der Waals surface area contributed by atoms with Crippen molar-refractivity contribution in [2.24, 2.45) is 0 Å². The number of nitrogens with zero attached hydrogens (tertiary/aromatic N) is 2. The molecule has 2 aromatic heterocycles. The van der Waals surface area contributed by atoms with Crippen molar-refractivity contribution < 1.29 is 14.3 Å². The highest BCUT2D eigenvalue weighted by Crippen LogP contribution is 2.34. The summed E-state index contributed by atoms with van der Waals surface area (Å²) < 4.78 is 11.5. The molecule has 1 aliphatic rings. The maximum Gasteiger partial charge on any atom is 0.230 e. The molecule has 0 fully saturated rings. The van der Waals surface area contributed by atoms with Crippen molar-refractivity contribution in [2.45, 2.75) is 25.0 Å². The van der Waals surface area contributed by atoms with Crippen LogP contribution in [0, 0.1) is 13.8 Å². The second-order valence-corrected chi connectivity index (χ2v) is 8.40. The third kappa shape index (κ3) is 3.86. The smallest absolute Gasteiger partial charge is 0.230 e.